The van der Waals surface area contributed by atoms with Crippen molar-refractivity contribution in [2.75, 3.05) is 17.2 Å². The molecule has 0 aromatic carbocycles. The summed E-state index contributed by atoms with van der Waals surface area (Å²) in [4.78, 5) is 25.5. The fourth-order valence-corrected chi connectivity index (χ4v) is 6.95. The van der Waals surface area contributed by atoms with Gasteiger partial charge in [0.1, 0.15) is 28.2 Å². The predicted octanol–water partition coefficient (Wildman–Crippen LogP) is 5.14. The minimum Gasteiger partial charge on any atom is -0.444 e. The fourth-order valence-electron chi connectivity index (χ4n) is 6.77. The summed E-state index contributed by atoms with van der Waals surface area (Å²) in [7, 11) is 0. The average molecular weight is 524 g/mol. The van der Waals surface area contributed by atoms with Crippen LogP contribution in [0.25, 0.3) is 0 Å². The normalized spacial score (nSPS) is 27.9. The largest absolute Gasteiger partial charge is 0.444 e. The summed E-state index contributed by atoms with van der Waals surface area (Å²) in [5.74, 6) is 2.54. The van der Waals surface area contributed by atoms with Crippen molar-refractivity contribution in [2.24, 2.45) is 23.2 Å². The highest BCUT2D eigenvalue weighted by molar-refractivity contribution is 6.30. The van der Waals surface area contributed by atoms with Crippen LogP contribution in [0.5, 0.6) is 0 Å². The Kier molecular flexibility index (Phi) is 6.88. The van der Waals surface area contributed by atoms with Crippen molar-refractivity contribution in [2.45, 2.75) is 71.1 Å². The summed E-state index contributed by atoms with van der Waals surface area (Å²) < 4.78 is 5.54. The Morgan fingerprint density at radius 1 is 1.22 bits per heavy atom. The summed E-state index contributed by atoms with van der Waals surface area (Å²) in [5, 5.41) is 20.0. The zero-order chi connectivity index (χ0) is 26.2. The van der Waals surface area contributed by atoms with E-state index < -0.39 is 5.60 Å². The van der Waals surface area contributed by atoms with Gasteiger partial charge in [-0.15, -0.1) is 0 Å². The molecule has 3 N–H and O–H groups in total. The molecular formula is C27H34ClN7O2. The number of alkyl carbamates (subject to hydrolysis) is 1. The van der Waals surface area contributed by atoms with Gasteiger partial charge in [0.2, 0.25) is 5.95 Å². The first-order valence-corrected chi connectivity index (χ1v) is 13.3. The summed E-state index contributed by atoms with van der Waals surface area (Å²) in [5.41, 5.74) is 0.889. The Labute approximate surface area is 222 Å². The molecule has 1 amide bonds. The molecule has 3 unspecified atom stereocenters. The van der Waals surface area contributed by atoms with Crippen LogP contribution < -0.4 is 16.0 Å². The average Bonchev–Trinajstić information content (AvgIpc) is 2.83. The second-order valence-electron chi connectivity index (χ2n) is 11.9. The molecule has 9 nitrogen and oxygen atoms in total. The number of amides is 1. The van der Waals surface area contributed by atoms with Crippen LogP contribution in [0, 0.1) is 34.5 Å². The fraction of sp³-hybridized carbons (Fsp3) is 0.593. The van der Waals surface area contributed by atoms with Gasteiger partial charge in [-0.1, -0.05) is 17.7 Å². The van der Waals surface area contributed by atoms with Crippen molar-refractivity contribution in [3.05, 3.63) is 40.8 Å². The number of nitrogens with one attached hydrogen (secondary N) is 3. The predicted molar refractivity (Wildman–Crippen MR) is 141 cm³/mol. The molecule has 0 saturated heterocycles. The molecule has 4 saturated carbocycles. The maximum Gasteiger partial charge on any atom is 0.407 e. The van der Waals surface area contributed by atoms with E-state index in [1.165, 1.54) is 6.42 Å². The molecule has 0 aliphatic heterocycles. The van der Waals surface area contributed by atoms with E-state index in [1.807, 2.05) is 32.9 Å². The van der Waals surface area contributed by atoms with Crippen LogP contribution >= 0.6 is 11.6 Å². The van der Waals surface area contributed by atoms with Crippen LogP contribution in [-0.4, -0.2) is 39.2 Å². The van der Waals surface area contributed by atoms with Crippen molar-refractivity contribution >= 4 is 29.5 Å². The van der Waals surface area contributed by atoms with Crippen LogP contribution in [0.2, 0.25) is 5.15 Å². The van der Waals surface area contributed by atoms with Crippen molar-refractivity contribution < 1.29 is 9.53 Å². The third-order valence-electron chi connectivity index (χ3n) is 7.90. The van der Waals surface area contributed by atoms with E-state index in [4.69, 9.17) is 16.3 Å². The minimum atomic E-state index is -0.505. The summed E-state index contributed by atoms with van der Waals surface area (Å²) >= 11 is 6.16. The second-order valence-corrected chi connectivity index (χ2v) is 12.2. The molecule has 37 heavy (non-hydrogen) atoms. The van der Waals surface area contributed by atoms with Gasteiger partial charge in [0.15, 0.2) is 0 Å². The first-order chi connectivity index (χ1) is 17.6. The van der Waals surface area contributed by atoms with E-state index in [2.05, 4.69) is 37.0 Å². The number of carbonyl (C=O) groups is 1. The maximum atomic E-state index is 12.5. The molecule has 5 atom stereocenters. The Hall–Kier alpha value is -3.12. The number of carbonyl (C=O) groups excluding carboxylic acids is 1. The first-order valence-electron chi connectivity index (χ1n) is 13.0. The number of aromatic nitrogens is 3. The molecule has 2 aromatic heterocycles. The lowest BCUT2D eigenvalue weighted by Gasteiger charge is -2.60. The van der Waals surface area contributed by atoms with Gasteiger partial charge in [-0.25, -0.2) is 14.8 Å². The van der Waals surface area contributed by atoms with Gasteiger partial charge in [0, 0.05) is 30.9 Å². The van der Waals surface area contributed by atoms with E-state index in [9.17, 15) is 10.1 Å². The van der Waals surface area contributed by atoms with E-state index in [1.54, 1.807) is 12.4 Å². The quantitative estimate of drug-likeness (QED) is 0.426. The minimum absolute atomic E-state index is 0.136. The molecule has 6 rings (SSSR count). The van der Waals surface area contributed by atoms with Crippen molar-refractivity contribution in [1.82, 2.24) is 20.3 Å². The number of pyridine rings is 1. The third-order valence-corrected chi connectivity index (χ3v) is 8.24. The number of hydrogen-bond acceptors (Lipinski definition) is 8. The van der Waals surface area contributed by atoms with E-state index in [0.29, 0.717) is 46.8 Å². The molecule has 2 heterocycles. The van der Waals surface area contributed by atoms with Gasteiger partial charge >= 0.3 is 6.09 Å². The zero-order valence-corrected chi connectivity index (χ0v) is 22.3. The van der Waals surface area contributed by atoms with Gasteiger partial charge in [-0.3, -0.25) is 0 Å². The summed E-state index contributed by atoms with van der Waals surface area (Å²) in [6.45, 7) is 6.85. The molecule has 10 heteroatoms. The standard InChI is InChI=1S/C27H34ClN7O2/c1-26(2,3)37-25(36)34-21-18-7-16-8-19(21)11-27(9-16,10-18)15-33-23-20(12-29)14-32-24(35-23)31-13-17-5-4-6-30-22(17)28/h4-6,14,16,18-19,21H,7-11,13,15H2,1-3H3,(H,34,36)(H2,31,32,33,35)/t16?,18-,19+,21?,27?. The highest BCUT2D eigenvalue weighted by Gasteiger charge is 2.55. The van der Waals surface area contributed by atoms with Gasteiger partial charge in [0.25, 0.3) is 0 Å². The molecule has 4 fully saturated rings. The number of anilines is 2. The van der Waals surface area contributed by atoms with Gasteiger partial charge in [0.05, 0.1) is 6.20 Å². The van der Waals surface area contributed by atoms with E-state index >= 15 is 0 Å². The van der Waals surface area contributed by atoms with Crippen LogP contribution in [0.15, 0.2) is 24.5 Å². The Morgan fingerprint density at radius 3 is 2.65 bits per heavy atom. The number of ether oxygens (including phenoxy) is 1. The Bertz CT molecular complexity index is 1190. The molecule has 0 spiro atoms. The van der Waals surface area contributed by atoms with Crippen molar-refractivity contribution in [3.8, 4) is 6.07 Å². The van der Waals surface area contributed by atoms with Crippen LogP contribution in [0.1, 0.15) is 64.0 Å². The van der Waals surface area contributed by atoms with Gasteiger partial charge in [-0.2, -0.15) is 10.2 Å². The van der Waals surface area contributed by atoms with Gasteiger partial charge < -0.3 is 20.7 Å². The van der Waals surface area contributed by atoms with Crippen LogP contribution in [0.4, 0.5) is 16.6 Å². The SMILES string of the molecule is CC(C)(C)OC(=O)NC1[C@@H]2CC3C[C@H]1CC(CNc1nc(NCc4cccnc4Cl)ncc1C#N)(C3)C2. The Morgan fingerprint density at radius 2 is 1.97 bits per heavy atom. The van der Waals surface area contributed by atoms with Crippen molar-refractivity contribution in [3.63, 3.8) is 0 Å². The lowest BCUT2D eigenvalue weighted by Crippen LogP contribution is -2.60. The molecule has 196 valence electrons. The highest BCUT2D eigenvalue weighted by Crippen LogP contribution is 2.60. The molecular weight excluding hydrogens is 490 g/mol. The number of nitrogens with zero attached hydrogens (tertiary/aromatic N) is 4. The molecule has 4 aliphatic carbocycles. The van der Waals surface area contributed by atoms with Crippen LogP contribution in [-0.2, 0) is 11.3 Å². The van der Waals surface area contributed by atoms with E-state index in [-0.39, 0.29) is 17.6 Å². The van der Waals surface area contributed by atoms with Crippen LogP contribution in [0.3, 0.4) is 0 Å². The number of hydrogen-bond donors (Lipinski definition) is 3. The second kappa shape index (κ2) is 9.97. The summed E-state index contributed by atoms with van der Waals surface area (Å²) in [6, 6.07) is 6.09. The number of halogens is 1. The lowest BCUT2D eigenvalue weighted by molar-refractivity contribution is -0.0703. The molecule has 4 aliphatic rings. The highest BCUT2D eigenvalue weighted by atomic mass is 35.5. The smallest absolute Gasteiger partial charge is 0.407 e. The number of rotatable bonds is 7. The van der Waals surface area contributed by atoms with Gasteiger partial charge in [-0.05, 0) is 82.1 Å². The third kappa shape index (κ3) is 5.74. The topological polar surface area (TPSA) is 125 Å². The monoisotopic (exact) mass is 523 g/mol. The molecule has 4 bridgehead atoms. The van der Waals surface area contributed by atoms with E-state index in [0.717, 1.165) is 37.8 Å². The van der Waals surface area contributed by atoms with Crippen molar-refractivity contribution in [1.29, 1.82) is 5.26 Å². The summed E-state index contributed by atoms with van der Waals surface area (Å²) in [6.07, 6.45) is 8.44. The lowest BCUT2D eigenvalue weighted by atomic mass is 9.48. The zero-order valence-electron chi connectivity index (χ0n) is 21.6. The molecule has 0 radical (unpaired) electrons. The first kappa shape index (κ1) is 25.5. The Balaban J connectivity index is 1.24. The number of nitriles is 1. The maximum absolute atomic E-state index is 12.5. The molecule has 2 aromatic rings.